The fraction of sp³-hybridized carbons (Fsp3) is 0.167. The summed E-state index contributed by atoms with van der Waals surface area (Å²) in [5.41, 5.74) is 4.67. The maximum atomic E-state index is 13.0. The molecular weight excluding hydrogens is 472 g/mol. The van der Waals surface area contributed by atoms with Crippen molar-refractivity contribution in [3.05, 3.63) is 112 Å². The maximum Gasteiger partial charge on any atom is 0.340 e. The molecule has 36 heavy (non-hydrogen) atoms. The monoisotopic (exact) mass is 496 g/mol. The molecule has 0 saturated carbocycles. The van der Waals surface area contributed by atoms with Crippen LogP contribution in [0.4, 0.5) is 17.1 Å². The number of nitrogens with one attached hydrogen (secondary N) is 1. The highest BCUT2D eigenvalue weighted by atomic mass is 35.5. The predicted octanol–water partition coefficient (Wildman–Crippen LogP) is 7.50. The van der Waals surface area contributed by atoms with Crippen molar-refractivity contribution >= 4 is 34.6 Å². The molecule has 0 aromatic heterocycles. The van der Waals surface area contributed by atoms with E-state index in [4.69, 9.17) is 21.1 Å². The van der Waals surface area contributed by atoms with E-state index in [0.29, 0.717) is 22.1 Å². The Balaban J connectivity index is 1.48. The zero-order valence-electron chi connectivity index (χ0n) is 20.0. The molecule has 6 rings (SSSR count). The number of fused-ring (bicyclic) bond motifs is 6. The van der Waals surface area contributed by atoms with Crippen LogP contribution < -0.4 is 15.0 Å². The van der Waals surface area contributed by atoms with Gasteiger partial charge in [0.25, 0.3) is 0 Å². The topological polar surface area (TPSA) is 50.8 Å². The summed E-state index contributed by atoms with van der Waals surface area (Å²) >= 11 is 6.61. The van der Waals surface area contributed by atoms with Crippen LogP contribution in [0.2, 0.25) is 5.02 Å². The number of hydrogen-bond acceptors (Lipinski definition) is 5. The van der Waals surface area contributed by atoms with Gasteiger partial charge in [0.05, 0.1) is 22.0 Å². The minimum atomic E-state index is -1.06. The van der Waals surface area contributed by atoms with E-state index in [9.17, 15) is 4.79 Å². The lowest BCUT2D eigenvalue weighted by atomic mass is 9.77. The van der Waals surface area contributed by atoms with Crippen molar-refractivity contribution in [3.63, 3.8) is 0 Å². The lowest BCUT2D eigenvalue weighted by molar-refractivity contribution is 0.0224. The molecule has 180 valence electrons. The van der Waals surface area contributed by atoms with Gasteiger partial charge in [-0.15, -0.1) is 0 Å². The molecule has 0 radical (unpaired) electrons. The van der Waals surface area contributed by atoms with Crippen LogP contribution >= 0.6 is 11.6 Å². The van der Waals surface area contributed by atoms with E-state index in [0.717, 1.165) is 46.8 Å². The summed E-state index contributed by atoms with van der Waals surface area (Å²) < 4.78 is 12.6. The van der Waals surface area contributed by atoms with E-state index in [1.807, 2.05) is 84.9 Å². The molecule has 1 atom stereocenters. The van der Waals surface area contributed by atoms with E-state index in [-0.39, 0.29) is 5.97 Å². The Hall–Kier alpha value is -3.96. The number of benzene rings is 4. The van der Waals surface area contributed by atoms with Gasteiger partial charge in [0.2, 0.25) is 0 Å². The fourth-order valence-corrected chi connectivity index (χ4v) is 5.63. The Bertz CT molecular complexity index is 1500. The van der Waals surface area contributed by atoms with Crippen LogP contribution in [0.25, 0.3) is 0 Å². The molecule has 0 amide bonds. The highest BCUT2D eigenvalue weighted by molar-refractivity contribution is 6.34. The van der Waals surface area contributed by atoms with Crippen LogP contribution in [0.15, 0.2) is 84.9 Å². The van der Waals surface area contributed by atoms with Gasteiger partial charge in [-0.1, -0.05) is 54.1 Å². The first-order valence-electron chi connectivity index (χ1n) is 12.1. The van der Waals surface area contributed by atoms with Crippen LogP contribution in [-0.4, -0.2) is 19.1 Å². The molecule has 5 nitrogen and oxygen atoms in total. The molecular formula is C30H25ClN2O3. The van der Waals surface area contributed by atoms with Gasteiger partial charge in [0.15, 0.2) is 5.60 Å². The van der Waals surface area contributed by atoms with Crippen molar-refractivity contribution in [2.24, 2.45) is 0 Å². The van der Waals surface area contributed by atoms with Gasteiger partial charge in [0, 0.05) is 41.5 Å². The number of anilines is 3. The van der Waals surface area contributed by atoms with E-state index in [1.54, 1.807) is 0 Å². The van der Waals surface area contributed by atoms with Gasteiger partial charge in [-0.2, -0.15) is 0 Å². The number of ether oxygens (including phenoxy) is 2. The second-order valence-electron chi connectivity index (χ2n) is 8.86. The maximum absolute atomic E-state index is 13.0. The van der Waals surface area contributed by atoms with Gasteiger partial charge >= 0.3 is 5.97 Å². The quantitative estimate of drug-likeness (QED) is 0.290. The summed E-state index contributed by atoms with van der Waals surface area (Å²) in [5, 5.41) is 4.22. The van der Waals surface area contributed by atoms with E-state index >= 15 is 0 Å². The van der Waals surface area contributed by atoms with Gasteiger partial charge in [-0.05, 0) is 50.2 Å². The van der Waals surface area contributed by atoms with Gasteiger partial charge in [-0.3, -0.25) is 0 Å². The third kappa shape index (κ3) is 3.27. The zero-order valence-corrected chi connectivity index (χ0v) is 20.8. The molecule has 1 spiro atoms. The van der Waals surface area contributed by atoms with Crippen LogP contribution in [0.3, 0.4) is 0 Å². The van der Waals surface area contributed by atoms with E-state index in [1.165, 1.54) is 0 Å². The smallest absolute Gasteiger partial charge is 0.340 e. The minimum Gasteiger partial charge on any atom is -0.456 e. The molecule has 2 aliphatic rings. The number of carbonyl (C=O) groups is 1. The lowest BCUT2D eigenvalue weighted by Gasteiger charge is -2.36. The lowest BCUT2D eigenvalue weighted by Crippen LogP contribution is -2.32. The molecule has 0 bridgehead atoms. The number of para-hydroxylation sites is 2. The normalized spacial score (nSPS) is 17.0. The van der Waals surface area contributed by atoms with Gasteiger partial charge in [-0.25, -0.2) is 4.79 Å². The second-order valence-corrected chi connectivity index (χ2v) is 9.27. The van der Waals surface area contributed by atoms with Crippen molar-refractivity contribution < 1.29 is 14.3 Å². The molecule has 6 heteroatoms. The first kappa shape index (κ1) is 22.5. The molecule has 1 N–H and O–H groups in total. The number of halogens is 1. The zero-order chi connectivity index (χ0) is 24.9. The summed E-state index contributed by atoms with van der Waals surface area (Å²) in [4.78, 5) is 15.2. The average molecular weight is 497 g/mol. The van der Waals surface area contributed by atoms with Crippen molar-refractivity contribution in [1.82, 2.24) is 0 Å². The average Bonchev–Trinajstić information content (AvgIpc) is 3.19. The molecule has 2 aliphatic heterocycles. The molecule has 0 aliphatic carbocycles. The van der Waals surface area contributed by atoms with Crippen molar-refractivity contribution in [1.29, 1.82) is 0 Å². The van der Waals surface area contributed by atoms with Gasteiger partial charge < -0.3 is 19.7 Å². The number of nitrogens with zero attached hydrogens (tertiary/aromatic N) is 1. The van der Waals surface area contributed by atoms with Crippen LogP contribution in [0, 0.1) is 0 Å². The largest absolute Gasteiger partial charge is 0.456 e. The third-order valence-electron chi connectivity index (χ3n) is 6.96. The highest BCUT2D eigenvalue weighted by Crippen LogP contribution is 2.56. The first-order valence-corrected chi connectivity index (χ1v) is 12.5. The van der Waals surface area contributed by atoms with Crippen molar-refractivity contribution in [3.8, 4) is 11.5 Å². The standard InChI is InChI=1S/C30H25ClN2O3/c1-3-33(4-2)28-24(31)13-9-14-25(28)32-19-16-17-23-27(18-19)35-26-15-8-7-12-22(26)30(23)21-11-6-5-10-20(21)29(34)36-30/h5-18,32H,3-4H2,1-2H3. The number of hydrogen-bond donors (Lipinski definition) is 1. The van der Waals surface area contributed by atoms with Crippen LogP contribution in [-0.2, 0) is 10.3 Å². The Kier molecular flexibility index (Phi) is 5.38. The molecule has 0 saturated heterocycles. The summed E-state index contributed by atoms with van der Waals surface area (Å²) in [7, 11) is 0. The molecule has 4 aromatic rings. The van der Waals surface area contributed by atoms with Crippen molar-refractivity contribution in [2.75, 3.05) is 23.3 Å². The Labute approximate surface area is 215 Å². The fourth-order valence-electron chi connectivity index (χ4n) is 5.34. The summed E-state index contributed by atoms with van der Waals surface area (Å²) in [6.07, 6.45) is 0. The highest BCUT2D eigenvalue weighted by Gasteiger charge is 2.53. The minimum absolute atomic E-state index is 0.335. The van der Waals surface area contributed by atoms with Crippen LogP contribution in [0.5, 0.6) is 11.5 Å². The molecule has 1 unspecified atom stereocenters. The van der Waals surface area contributed by atoms with E-state index in [2.05, 4.69) is 24.1 Å². The summed E-state index contributed by atoms with van der Waals surface area (Å²) in [5.74, 6) is 0.964. The summed E-state index contributed by atoms with van der Waals surface area (Å²) in [6.45, 7) is 5.90. The number of rotatable bonds is 5. The van der Waals surface area contributed by atoms with Crippen molar-refractivity contribution in [2.45, 2.75) is 19.4 Å². The Morgan fingerprint density at radius 3 is 2.36 bits per heavy atom. The van der Waals surface area contributed by atoms with Gasteiger partial charge in [0.1, 0.15) is 11.5 Å². The summed E-state index contributed by atoms with van der Waals surface area (Å²) in [6, 6.07) is 27.1. The first-order chi connectivity index (χ1) is 17.6. The van der Waals surface area contributed by atoms with E-state index < -0.39 is 5.60 Å². The SMILES string of the molecule is CCN(CC)c1c(Cl)cccc1Nc1ccc2c(c1)Oc1ccccc1C21OC(=O)c2ccccc21. The van der Waals surface area contributed by atoms with Crippen LogP contribution in [0.1, 0.15) is 40.9 Å². The predicted molar refractivity (Wildman–Crippen MR) is 143 cm³/mol. The molecule has 4 aromatic carbocycles. The Morgan fingerprint density at radius 2 is 1.56 bits per heavy atom. The molecule has 2 heterocycles. The Morgan fingerprint density at radius 1 is 0.833 bits per heavy atom. The number of esters is 1. The molecule has 0 fully saturated rings. The third-order valence-corrected chi connectivity index (χ3v) is 7.27. The number of carbonyl (C=O) groups excluding carboxylic acids is 1. The second kappa shape index (κ2) is 8.61.